The van der Waals surface area contributed by atoms with E-state index in [2.05, 4.69) is 132 Å². The van der Waals surface area contributed by atoms with Crippen LogP contribution in [-0.4, -0.2) is 14.5 Å². The molecule has 270 valence electrons. The van der Waals surface area contributed by atoms with Crippen LogP contribution in [0.2, 0.25) is 0 Å². The second kappa shape index (κ2) is 13.6. The Morgan fingerprint density at radius 1 is 0.431 bits per heavy atom. The van der Waals surface area contributed by atoms with Crippen molar-refractivity contribution in [2.24, 2.45) is 0 Å². The molecule has 0 aliphatic heterocycles. The van der Waals surface area contributed by atoms with Gasteiger partial charge in [-0.05, 0) is 41.5 Å². The maximum atomic E-state index is 10.5. The van der Waals surface area contributed by atoms with Gasteiger partial charge in [0, 0.05) is 49.4 Å². The van der Waals surface area contributed by atoms with Gasteiger partial charge >= 0.3 is 0 Å². The van der Waals surface area contributed by atoms with E-state index in [0.29, 0.717) is 22.8 Å². The zero-order valence-corrected chi connectivity index (χ0v) is 31.2. The van der Waals surface area contributed by atoms with Crippen molar-refractivity contribution in [3.63, 3.8) is 0 Å². The van der Waals surface area contributed by atoms with E-state index < -0.39 is 0 Å². The first-order valence-corrected chi connectivity index (χ1v) is 19.3. The highest BCUT2D eigenvalue weighted by Crippen LogP contribution is 2.44. The first kappa shape index (κ1) is 33.3. The molecule has 0 saturated carbocycles. The third kappa shape index (κ3) is 5.31. The summed E-state index contributed by atoms with van der Waals surface area (Å²) >= 11 is 0. The van der Waals surface area contributed by atoms with Gasteiger partial charge in [0.15, 0.2) is 11.4 Å². The normalized spacial score (nSPS) is 11.4. The maximum absolute atomic E-state index is 10.5. The number of para-hydroxylation sites is 2. The minimum absolute atomic E-state index is 0.441. The molecular formula is C53H32N4O. The summed E-state index contributed by atoms with van der Waals surface area (Å²) in [6, 6.07) is 69.0. The van der Waals surface area contributed by atoms with Gasteiger partial charge in [-0.15, -0.1) is 0 Å². The molecule has 8 aromatic carbocycles. The van der Waals surface area contributed by atoms with Gasteiger partial charge in [0.2, 0.25) is 0 Å². The topological polar surface area (TPSA) is 67.6 Å². The van der Waals surface area contributed by atoms with Crippen LogP contribution < -0.4 is 0 Å². The van der Waals surface area contributed by atoms with Crippen LogP contribution in [0.3, 0.4) is 0 Å². The van der Waals surface area contributed by atoms with Crippen molar-refractivity contribution in [2.75, 3.05) is 0 Å². The molecule has 11 rings (SSSR count). The number of rotatable bonds is 6. The predicted octanol–water partition coefficient (Wildman–Crippen LogP) is 13.7. The number of nitriles is 1. The van der Waals surface area contributed by atoms with E-state index in [1.165, 1.54) is 0 Å². The summed E-state index contributed by atoms with van der Waals surface area (Å²) in [5, 5.41) is 14.9. The summed E-state index contributed by atoms with van der Waals surface area (Å²) < 4.78 is 9.40. The summed E-state index contributed by atoms with van der Waals surface area (Å²) in [6.45, 7) is 0. The van der Waals surface area contributed by atoms with Crippen molar-refractivity contribution in [3.8, 4) is 67.9 Å². The Hall–Kier alpha value is -8.07. The van der Waals surface area contributed by atoms with Crippen molar-refractivity contribution in [2.45, 2.75) is 0 Å². The molecule has 3 aromatic heterocycles. The molecule has 0 aliphatic carbocycles. The molecule has 3 heterocycles. The Morgan fingerprint density at radius 3 is 1.60 bits per heavy atom. The number of nitrogens with zero attached hydrogens (tertiary/aromatic N) is 4. The van der Waals surface area contributed by atoms with E-state index >= 15 is 0 Å². The monoisotopic (exact) mass is 740 g/mol. The lowest BCUT2D eigenvalue weighted by molar-refractivity contribution is 0.672. The van der Waals surface area contributed by atoms with Crippen LogP contribution in [0.25, 0.3) is 106 Å². The number of aromatic nitrogens is 3. The Kier molecular flexibility index (Phi) is 7.80. The fraction of sp³-hybridized carbons (Fsp3) is 0. The lowest BCUT2D eigenvalue weighted by atomic mass is 9.98. The highest BCUT2D eigenvalue weighted by Gasteiger charge is 2.24. The van der Waals surface area contributed by atoms with Gasteiger partial charge in [0.25, 0.3) is 0 Å². The van der Waals surface area contributed by atoms with Crippen molar-refractivity contribution in [3.05, 3.63) is 200 Å². The fourth-order valence-corrected chi connectivity index (χ4v) is 8.42. The highest BCUT2D eigenvalue weighted by atomic mass is 16.3. The number of hydrogen-bond acceptors (Lipinski definition) is 4. The second-order valence-electron chi connectivity index (χ2n) is 14.4. The largest absolute Gasteiger partial charge is 0.453 e. The molecule has 5 nitrogen and oxygen atoms in total. The summed E-state index contributed by atoms with van der Waals surface area (Å²) in [5.41, 5.74) is 13.2. The van der Waals surface area contributed by atoms with Crippen molar-refractivity contribution < 1.29 is 4.42 Å². The highest BCUT2D eigenvalue weighted by molar-refractivity contribution is 6.22. The van der Waals surface area contributed by atoms with Crippen LogP contribution in [0, 0.1) is 11.3 Å². The average molecular weight is 741 g/mol. The minimum Gasteiger partial charge on any atom is -0.453 e. The number of hydrogen-bond donors (Lipinski definition) is 0. The van der Waals surface area contributed by atoms with E-state index in [1.807, 2.05) is 72.8 Å². The van der Waals surface area contributed by atoms with Crippen molar-refractivity contribution >= 4 is 43.7 Å². The van der Waals surface area contributed by atoms with Crippen LogP contribution in [0.4, 0.5) is 0 Å². The molecule has 5 heteroatoms. The molecule has 0 bridgehead atoms. The second-order valence-corrected chi connectivity index (χ2v) is 14.4. The summed E-state index contributed by atoms with van der Waals surface area (Å²) in [4.78, 5) is 10.3. The molecule has 58 heavy (non-hydrogen) atoms. The third-order valence-electron chi connectivity index (χ3n) is 11.1. The quantitative estimate of drug-likeness (QED) is 0.170. The Balaban J connectivity index is 1.20. The Labute approximate surface area is 334 Å². The van der Waals surface area contributed by atoms with Crippen molar-refractivity contribution in [1.82, 2.24) is 14.5 Å². The lowest BCUT2D eigenvalue weighted by Crippen LogP contribution is -2.02. The van der Waals surface area contributed by atoms with E-state index in [0.717, 1.165) is 88.4 Å². The van der Waals surface area contributed by atoms with Gasteiger partial charge in [-0.1, -0.05) is 164 Å². The summed E-state index contributed by atoms with van der Waals surface area (Å²) in [5.74, 6) is 0.538. The van der Waals surface area contributed by atoms with Gasteiger partial charge in [-0.2, -0.15) is 5.26 Å². The van der Waals surface area contributed by atoms with E-state index in [-0.39, 0.29) is 0 Å². The predicted molar refractivity (Wildman–Crippen MR) is 236 cm³/mol. The molecule has 0 unspecified atom stereocenters. The van der Waals surface area contributed by atoms with E-state index in [4.69, 9.17) is 14.4 Å². The summed E-state index contributed by atoms with van der Waals surface area (Å²) in [6.07, 6.45) is 0. The SMILES string of the molecule is N#Cc1c(-c2ccccc2)nc(-c2ccc(-n3c4ccccc4c4ccc5c6cccc(-c7ccccc7)c6oc5c43)c(-c3ccccc3)c2)nc1-c1ccccc1. The molecule has 0 spiro atoms. The van der Waals surface area contributed by atoms with Crippen LogP contribution in [-0.2, 0) is 0 Å². The molecule has 0 atom stereocenters. The van der Waals surface area contributed by atoms with Crippen LogP contribution in [0.5, 0.6) is 0 Å². The van der Waals surface area contributed by atoms with Gasteiger partial charge in [0.05, 0.1) is 28.1 Å². The zero-order chi connectivity index (χ0) is 38.6. The first-order chi connectivity index (χ1) is 28.7. The molecule has 0 N–H and O–H groups in total. The van der Waals surface area contributed by atoms with Crippen molar-refractivity contribution in [1.29, 1.82) is 5.26 Å². The smallest absolute Gasteiger partial charge is 0.160 e. The standard InChI is InChI=1S/C53H32N4O/c54-33-45-48(36-20-9-3-10-21-36)55-53(56-49(45)37-22-11-4-12-23-37)38-28-31-47(44(32-38)35-18-7-2-8-19-35)57-46-27-14-13-24-40(46)41-29-30-43-42-26-15-25-39(34-16-5-1-6-17-34)51(42)58-52(43)50(41)57/h1-32H. The van der Waals surface area contributed by atoms with Gasteiger partial charge < -0.3 is 8.98 Å². The maximum Gasteiger partial charge on any atom is 0.160 e. The molecule has 0 saturated heterocycles. The van der Waals surface area contributed by atoms with Crippen LogP contribution >= 0.6 is 0 Å². The van der Waals surface area contributed by atoms with E-state index in [9.17, 15) is 5.26 Å². The summed E-state index contributed by atoms with van der Waals surface area (Å²) in [7, 11) is 0. The molecule has 0 aliphatic rings. The molecule has 11 aromatic rings. The number of furan rings is 1. The lowest BCUT2D eigenvalue weighted by Gasteiger charge is -2.17. The Morgan fingerprint density at radius 2 is 0.966 bits per heavy atom. The van der Waals surface area contributed by atoms with Gasteiger partial charge in [-0.25, -0.2) is 9.97 Å². The molecule has 0 radical (unpaired) electrons. The third-order valence-corrected chi connectivity index (χ3v) is 11.1. The molecular weight excluding hydrogens is 709 g/mol. The Bertz CT molecular complexity index is 3320. The first-order valence-electron chi connectivity index (χ1n) is 19.3. The molecule has 0 amide bonds. The van der Waals surface area contributed by atoms with Crippen LogP contribution in [0.15, 0.2) is 199 Å². The number of benzene rings is 8. The average Bonchev–Trinajstić information content (AvgIpc) is 3.86. The minimum atomic E-state index is 0.441. The fourth-order valence-electron chi connectivity index (χ4n) is 8.42. The zero-order valence-electron chi connectivity index (χ0n) is 31.2. The van der Waals surface area contributed by atoms with E-state index in [1.54, 1.807) is 0 Å². The van der Waals surface area contributed by atoms with Gasteiger partial charge in [0.1, 0.15) is 17.2 Å². The molecule has 0 fully saturated rings. The number of fused-ring (bicyclic) bond motifs is 7. The van der Waals surface area contributed by atoms with Gasteiger partial charge in [-0.3, -0.25) is 0 Å². The van der Waals surface area contributed by atoms with Crippen LogP contribution in [0.1, 0.15) is 5.56 Å².